The van der Waals surface area contributed by atoms with Gasteiger partial charge in [-0.1, -0.05) is 25.1 Å². The van der Waals surface area contributed by atoms with Crippen LogP contribution in [0.25, 0.3) is 5.76 Å². The summed E-state index contributed by atoms with van der Waals surface area (Å²) in [6, 6.07) is 12.3. The number of hydrogen-bond acceptors (Lipinski definition) is 8. The van der Waals surface area contributed by atoms with E-state index in [0.29, 0.717) is 37.4 Å². The minimum Gasteiger partial charge on any atom is -0.507 e. The molecule has 2 aromatic rings. The van der Waals surface area contributed by atoms with E-state index in [4.69, 9.17) is 9.47 Å². The molecular weight excluding hydrogens is 538 g/mol. The first kappa shape index (κ1) is 28.0. The van der Waals surface area contributed by atoms with E-state index in [1.807, 2.05) is 6.92 Å². The van der Waals surface area contributed by atoms with Gasteiger partial charge in [0.05, 0.1) is 36.0 Å². The molecule has 40 heavy (non-hydrogen) atoms. The number of para-hydroxylation sites is 1. The van der Waals surface area contributed by atoms with Gasteiger partial charge in [0.2, 0.25) is 10.0 Å². The van der Waals surface area contributed by atoms with Gasteiger partial charge in [0, 0.05) is 44.4 Å². The van der Waals surface area contributed by atoms with E-state index in [1.54, 1.807) is 24.3 Å². The Morgan fingerprint density at radius 1 is 1.02 bits per heavy atom. The first-order chi connectivity index (χ1) is 19.2. The Morgan fingerprint density at radius 2 is 1.70 bits per heavy atom. The molecule has 1 unspecified atom stereocenters. The van der Waals surface area contributed by atoms with Crippen LogP contribution >= 0.6 is 0 Å². The monoisotopic (exact) mass is 569 g/mol. The summed E-state index contributed by atoms with van der Waals surface area (Å²) in [5, 5.41) is 11.6. The minimum atomic E-state index is -3.79. The number of sulfonamides is 1. The second-order valence-corrected chi connectivity index (χ2v) is 11.7. The first-order valence-electron chi connectivity index (χ1n) is 13.1. The number of Topliss-reactive ketones (excluding diaryl/α,β-unsaturated/α-hetero) is 1. The van der Waals surface area contributed by atoms with Crippen LogP contribution in [-0.2, 0) is 39.4 Å². The number of nitrogens with zero attached hydrogens (tertiary/aromatic N) is 3. The third kappa shape index (κ3) is 4.14. The summed E-state index contributed by atoms with van der Waals surface area (Å²) in [7, 11) is -2.35. The highest BCUT2D eigenvalue weighted by molar-refractivity contribution is 7.89. The molecule has 0 bridgehead atoms. The highest BCUT2D eigenvalue weighted by atomic mass is 32.2. The van der Waals surface area contributed by atoms with Crippen molar-refractivity contribution in [2.24, 2.45) is 0 Å². The lowest BCUT2D eigenvalue weighted by atomic mass is 9.82. The SMILES string of the molecule is CCCN1C(=O)C2(/C(=C(/O)c3ccc(S(=O)(=O)N4CCOCC4)cc3)C(=O)C(=O)N2CCOC)c2ccccc21. The molecule has 3 heterocycles. The van der Waals surface area contributed by atoms with Crippen LogP contribution in [0.1, 0.15) is 24.5 Å². The fourth-order valence-corrected chi connectivity index (χ4v) is 7.07. The van der Waals surface area contributed by atoms with Crippen molar-refractivity contribution in [2.45, 2.75) is 23.8 Å². The minimum absolute atomic E-state index is 0.0117. The Morgan fingerprint density at radius 3 is 2.35 bits per heavy atom. The molecule has 3 aliphatic heterocycles. The Bertz CT molecular complexity index is 1480. The maximum Gasteiger partial charge on any atom is 0.296 e. The molecule has 1 atom stereocenters. The Hall–Kier alpha value is -3.58. The number of benzene rings is 2. The van der Waals surface area contributed by atoms with Gasteiger partial charge < -0.3 is 24.4 Å². The first-order valence-corrected chi connectivity index (χ1v) is 14.5. The van der Waals surface area contributed by atoms with Crippen molar-refractivity contribution < 1.29 is 37.4 Å². The summed E-state index contributed by atoms with van der Waals surface area (Å²) >= 11 is 0. The summed E-state index contributed by atoms with van der Waals surface area (Å²) in [6.07, 6.45) is 0.625. The largest absolute Gasteiger partial charge is 0.507 e. The van der Waals surface area contributed by atoms with Gasteiger partial charge in [0.1, 0.15) is 5.76 Å². The second-order valence-electron chi connectivity index (χ2n) is 9.73. The number of morpholine rings is 1. The van der Waals surface area contributed by atoms with Crippen molar-refractivity contribution in [3.05, 3.63) is 65.2 Å². The fraction of sp³-hybridized carbons (Fsp3) is 0.393. The van der Waals surface area contributed by atoms with Gasteiger partial charge in [0.15, 0.2) is 5.54 Å². The van der Waals surface area contributed by atoms with Crippen molar-refractivity contribution in [3.8, 4) is 0 Å². The number of rotatable bonds is 8. The molecule has 3 aliphatic rings. The molecule has 2 saturated heterocycles. The Labute approximate surface area is 232 Å². The molecule has 212 valence electrons. The third-order valence-corrected chi connectivity index (χ3v) is 9.42. The van der Waals surface area contributed by atoms with Crippen LogP contribution < -0.4 is 4.90 Å². The molecule has 2 amide bonds. The molecule has 1 spiro atoms. The summed E-state index contributed by atoms with van der Waals surface area (Å²) in [5.41, 5.74) is -1.17. The number of fused-ring (bicyclic) bond motifs is 2. The second kappa shape index (κ2) is 10.8. The number of carbonyl (C=O) groups excluding carboxylic acids is 3. The van der Waals surface area contributed by atoms with Gasteiger partial charge >= 0.3 is 0 Å². The van der Waals surface area contributed by atoms with Crippen LogP contribution in [-0.4, -0.2) is 93.4 Å². The van der Waals surface area contributed by atoms with E-state index in [1.165, 1.54) is 45.5 Å². The summed E-state index contributed by atoms with van der Waals surface area (Å²) < 4.78 is 37.9. The van der Waals surface area contributed by atoms with E-state index in [9.17, 15) is 27.9 Å². The summed E-state index contributed by atoms with van der Waals surface area (Å²) in [5.74, 6) is -3.00. The number of ketones is 1. The van der Waals surface area contributed by atoms with Crippen LogP contribution in [0.3, 0.4) is 0 Å². The Kier molecular flexibility index (Phi) is 7.53. The van der Waals surface area contributed by atoms with Gasteiger partial charge in [-0.2, -0.15) is 4.31 Å². The van der Waals surface area contributed by atoms with E-state index >= 15 is 0 Å². The molecule has 12 heteroatoms. The molecular formula is C28H31N3O8S. The molecule has 2 aromatic carbocycles. The molecule has 11 nitrogen and oxygen atoms in total. The molecule has 0 saturated carbocycles. The number of anilines is 1. The van der Waals surface area contributed by atoms with Crippen molar-refractivity contribution >= 4 is 39.1 Å². The molecule has 0 aliphatic carbocycles. The average Bonchev–Trinajstić information content (AvgIpc) is 3.35. The average molecular weight is 570 g/mol. The highest BCUT2D eigenvalue weighted by Crippen LogP contribution is 2.53. The van der Waals surface area contributed by atoms with Crippen LogP contribution in [0.4, 0.5) is 5.69 Å². The lowest BCUT2D eigenvalue weighted by molar-refractivity contribution is -0.144. The normalized spacial score (nSPS) is 22.9. The predicted octanol–water partition coefficient (Wildman–Crippen LogP) is 1.69. The van der Waals surface area contributed by atoms with E-state index in [2.05, 4.69) is 0 Å². The number of aliphatic hydroxyl groups excluding tert-OH is 1. The molecule has 0 aromatic heterocycles. The molecule has 5 rings (SSSR count). The Balaban J connectivity index is 1.66. The van der Waals surface area contributed by atoms with Gasteiger partial charge in [0.25, 0.3) is 17.6 Å². The lowest BCUT2D eigenvalue weighted by Crippen LogP contribution is -2.52. The van der Waals surface area contributed by atoms with Crippen molar-refractivity contribution in [3.63, 3.8) is 0 Å². The number of carbonyl (C=O) groups is 3. The lowest BCUT2D eigenvalue weighted by Gasteiger charge is -2.34. The maximum absolute atomic E-state index is 14.2. The van der Waals surface area contributed by atoms with Crippen molar-refractivity contribution in [1.29, 1.82) is 0 Å². The highest BCUT2D eigenvalue weighted by Gasteiger charge is 2.66. The van der Waals surface area contributed by atoms with Gasteiger partial charge in [-0.15, -0.1) is 0 Å². The van der Waals surface area contributed by atoms with Crippen LogP contribution in [0.15, 0.2) is 59.0 Å². The number of likely N-dealkylation sites (tertiary alicyclic amines) is 1. The zero-order valence-electron chi connectivity index (χ0n) is 22.3. The topological polar surface area (TPSA) is 134 Å². The van der Waals surface area contributed by atoms with Crippen LogP contribution in [0.5, 0.6) is 0 Å². The van der Waals surface area contributed by atoms with Crippen LogP contribution in [0.2, 0.25) is 0 Å². The molecule has 0 radical (unpaired) electrons. The predicted molar refractivity (Wildman–Crippen MR) is 145 cm³/mol. The van der Waals surface area contributed by atoms with E-state index < -0.39 is 38.9 Å². The van der Waals surface area contributed by atoms with Gasteiger partial charge in [-0.3, -0.25) is 14.4 Å². The van der Waals surface area contributed by atoms with Crippen molar-refractivity contribution in [2.75, 3.05) is 58.0 Å². The quantitative estimate of drug-likeness (QED) is 0.289. The van der Waals surface area contributed by atoms with E-state index in [-0.39, 0.29) is 42.3 Å². The third-order valence-electron chi connectivity index (χ3n) is 7.51. The van der Waals surface area contributed by atoms with Gasteiger partial charge in [-0.05, 0) is 36.8 Å². The number of amides is 2. The number of ether oxygens (including phenoxy) is 2. The fourth-order valence-electron chi connectivity index (χ4n) is 5.66. The summed E-state index contributed by atoms with van der Waals surface area (Å²) in [4.78, 5) is 44.0. The standard InChI is InChI=1S/C28H31N3O8S/c1-3-12-30-22-7-5-4-6-21(22)28(27(30)35)23(25(33)26(34)31(28)15-16-38-2)24(32)19-8-10-20(11-9-19)40(36,37)29-13-17-39-18-14-29/h4-11,32H,3,12-18H2,1-2H3/b24-23+. The molecule has 1 N–H and O–H groups in total. The molecule has 2 fully saturated rings. The zero-order valence-corrected chi connectivity index (χ0v) is 23.1. The number of aliphatic hydroxyl groups is 1. The maximum atomic E-state index is 14.2. The van der Waals surface area contributed by atoms with Gasteiger partial charge in [-0.25, -0.2) is 8.42 Å². The smallest absolute Gasteiger partial charge is 0.296 e. The zero-order chi connectivity index (χ0) is 28.7. The number of methoxy groups -OCH3 is 1. The van der Waals surface area contributed by atoms with Crippen LogP contribution in [0, 0.1) is 0 Å². The van der Waals surface area contributed by atoms with E-state index in [0.717, 1.165) is 0 Å². The number of hydrogen-bond donors (Lipinski definition) is 1. The summed E-state index contributed by atoms with van der Waals surface area (Å²) in [6.45, 7) is 3.31. The van der Waals surface area contributed by atoms with Crippen molar-refractivity contribution in [1.82, 2.24) is 9.21 Å².